The summed E-state index contributed by atoms with van der Waals surface area (Å²) in [7, 11) is -3.74. The lowest BCUT2D eigenvalue weighted by Gasteiger charge is -2.21. The average Bonchev–Trinajstić information content (AvgIpc) is 3.26. The number of rotatable bonds is 5. The number of aromatic nitrogens is 3. The smallest absolute Gasteiger partial charge is 0.257 e. The van der Waals surface area contributed by atoms with Gasteiger partial charge in [-0.15, -0.1) is 0 Å². The van der Waals surface area contributed by atoms with E-state index in [4.69, 9.17) is 16.1 Å². The van der Waals surface area contributed by atoms with Crippen LogP contribution in [0.3, 0.4) is 0 Å². The molecule has 3 heterocycles. The van der Waals surface area contributed by atoms with Crippen LogP contribution >= 0.6 is 11.6 Å². The van der Waals surface area contributed by atoms with Gasteiger partial charge in [-0.25, -0.2) is 8.42 Å². The zero-order valence-electron chi connectivity index (χ0n) is 17.9. The minimum Gasteiger partial charge on any atom is -0.360 e. The Bertz CT molecular complexity index is 1220. The summed E-state index contributed by atoms with van der Waals surface area (Å²) in [5.74, 6) is 0.0950. The van der Waals surface area contributed by atoms with E-state index in [1.165, 1.54) is 10.5 Å². The van der Waals surface area contributed by atoms with Crippen LogP contribution in [0, 0.1) is 13.8 Å². The number of carbonyl (C=O) groups is 1. The molecule has 1 aromatic carbocycles. The molecule has 1 saturated heterocycles. The Balaban J connectivity index is 1.44. The summed E-state index contributed by atoms with van der Waals surface area (Å²) in [5, 5.41) is 8.69. The Morgan fingerprint density at radius 3 is 2.66 bits per heavy atom. The van der Waals surface area contributed by atoms with Gasteiger partial charge in [0.15, 0.2) is 5.76 Å². The number of amides is 1. The maximum Gasteiger partial charge on any atom is 0.257 e. The van der Waals surface area contributed by atoms with Crippen LogP contribution in [0.5, 0.6) is 0 Å². The predicted octanol–water partition coefficient (Wildman–Crippen LogP) is 2.73. The predicted molar refractivity (Wildman–Crippen MR) is 118 cm³/mol. The van der Waals surface area contributed by atoms with Crippen LogP contribution in [0.2, 0.25) is 5.02 Å². The van der Waals surface area contributed by atoms with Crippen LogP contribution in [-0.2, 0) is 16.6 Å². The van der Waals surface area contributed by atoms with Crippen molar-refractivity contribution in [3.8, 4) is 0 Å². The fourth-order valence-electron chi connectivity index (χ4n) is 3.85. The molecular formula is C21H24ClN5O4S. The van der Waals surface area contributed by atoms with Gasteiger partial charge >= 0.3 is 0 Å². The van der Waals surface area contributed by atoms with Crippen molar-refractivity contribution in [3.63, 3.8) is 0 Å². The van der Waals surface area contributed by atoms with E-state index < -0.39 is 10.0 Å². The summed E-state index contributed by atoms with van der Waals surface area (Å²) in [6.45, 7) is 4.92. The first kappa shape index (κ1) is 22.5. The lowest BCUT2D eigenvalue weighted by Crippen LogP contribution is -2.37. The van der Waals surface area contributed by atoms with E-state index in [1.807, 2.05) is 24.3 Å². The largest absolute Gasteiger partial charge is 0.360 e. The molecule has 1 aliphatic rings. The first-order valence-electron chi connectivity index (χ1n) is 10.3. The van der Waals surface area contributed by atoms with Gasteiger partial charge in [0.2, 0.25) is 10.0 Å². The number of sulfonamides is 1. The van der Waals surface area contributed by atoms with E-state index in [-0.39, 0.29) is 29.7 Å². The highest BCUT2D eigenvalue weighted by molar-refractivity contribution is 7.89. The molecule has 0 bridgehead atoms. The van der Waals surface area contributed by atoms with Crippen LogP contribution in [-0.4, -0.2) is 64.6 Å². The molecule has 32 heavy (non-hydrogen) atoms. The number of hydrogen-bond acceptors (Lipinski definition) is 6. The minimum absolute atomic E-state index is 0.109. The molecule has 4 rings (SSSR count). The summed E-state index contributed by atoms with van der Waals surface area (Å²) < 4.78 is 34.3. The molecule has 9 nitrogen and oxygen atoms in total. The van der Waals surface area contributed by atoms with Gasteiger partial charge in [-0.1, -0.05) is 35.0 Å². The molecule has 11 heteroatoms. The molecular weight excluding hydrogens is 454 g/mol. The van der Waals surface area contributed by atoms with Crippen molar-refractivity contribution in [2.75, 3.05) is 26.2 Å². The third kappa shape index (κ3) is 4.43. The molecule has 0 spiro atoms. The van der Waals surface area contributed by atoms with Gasteiger partial charge in [-0.05, 0) is 31.9 Å². The average molecular weight is 478 g/mol. The fraction of sp³-hybridized carbons (Fsp3) is 0.381. The first-order chi connectivity index (χ1) is 15.3. The Kier molecular flexibility index (Phi) is 6.36. The van der Waals surface area contributed by atoms with Crippen LogP contribution in [0.1, 0.15) is 33.8 Å². The van der Waals surface area contributed by atoms with E-state index in [9.17, 15) is 13.2 Å². The van der Waals surface area contributed by atoms with Gasteiger partial charge in [0.1, 0.15) is 10.6 Å². The molecule has 1 amide bonds. The highest BCUT2D eigenvalue weighted by Gasteiger charge is 2.33. The maximum absolute atomic E-state index is 13.1. The van der Waals surface area contributed by atoms with E-state index in [0.717, 1.165) is 5.56 Å². The summed E-state index contributed by atoms with van der Waals surface area (Å²) in [6.07, 6.45) is 3.75. The molecule has 0 atom stereocenters. The van der Waals surface area contributed by atoms with Crippen molar-refractivity contribution < 1.29 is 17.7 Å². The third-order valence-electron chi connectivity index (χ3n) is 5.48. The number of aryl methyl sites for hydroxylation is 2. The zero-order valence-corrected chi connectivity index (χ0v) is 19.4. The number of nitrogens with zero attached hydrogens (tertiary/aromatic N) is 5. The van der Waals surface area contributed by atoms with Gasteiger partial charge in [-0.3, -0.25) is 9.48 Å². The number of hydrogen-bond donors (Lipinski definition) is 0. The molecule has 2 aromatic heterocycles. The lowest BCUT2D eigenvalue weighted by molar-refractivity contribution is 0.0764. The topological polar surface area (TPSA) is 102 Å². The Morgan fingerprint density at radius 1 is 1.16 bits per heavy atom. The molecule has 1 aliphatic heterocycles. The van der Waals surface area contributed by atoms with Crippen LogP contribution in [0.15, 0.2) is 46.1 Å². The van der Waals surface area contributed by atoms with Crippen molar-refractivity contribution in [3.05, 3.63) is 64.3 Å². The van der Waals surface area contributed by atoms with E-state index in [0.29, 0.717) is 42.3 Å². The molecule has 170 valence electrons. The summed E-state index contributed by atoms with van der Waals surface area (Å²) in [5.41, 5.74) is 1.70. The summed E-state index contributed by atoms with van der Waals surface area (Å²) in [6, 6.07) is 7.48. The van der Waals surface area contributed by atoms with E-state index in [1.54, 1.807) is 29.6 Å². The molecule has 3 aromatic rings. The fourth-order valence-corrected chi connectivity index (χ4v) is 5.81. The maximum atomic E-state index is 13.1. The van der Waals surface area contributed by atoms with Crippen LogP contribution in [0.4, 0.5) is 0 Å². The van der Waals surface area contributed by atoms with Gasteiger partial charge in [0.05, 0.1) is 18.3 Å². The van der Waals surface area contributed by atoms with Crippen molar-refractivity contribution in [1.82, 2.24) is 24.1 Å². The Hall–Kier alpha value is -2.69. The van der Waals surface area contributed by atoms with Gasteiger partial charge < -0.3 is 9.42 Å². The van der Waals surface area contributed by atoms with E-state index in [2.05, 4.69) is 10.3 Å². The molecule has 0 N–H and O–H groups in total. The molecule has 1 fully saturated rings. The summed E-state index contributed by atoms with van der Waals surface area (Å²) >= 11 is 6.21. The van der Waals surface area contributed by atoms with Crippen molar-refractivity contribution in [2.45, 2.75) is 31.7 Å². The quantitative estimate of drug-likeness (QED) is 0.560. The normalized spacial score (nSPS) is 15.7. The SMILES string of the molecule is Cc1noc(C)c1S(=O)(=O)N1CCCN(C(=O)c2cnn(Cc3ccccc3Cl)c2)CC1. The van der Waals surface area contributed by atoms with Crippen molar-refractivity contribution in [2.24, 2.45) is 0 Å². The van der Waals surface area contributed by atoms with Crippen molar-refractivity contribution in [1.29, 1.82) is 0 Å². The number of halogens is 1. The standard InChI is InChI=1S/C21H24ClN5O4S/c1-15-20(16(2)31-24-15)32(29,30)27-9-5-8-25(10-11-27)21(28)18-12-23-26(14-18)13-17-6-3-4-7-19(17)22/h3-4,6-7,12,14H,5,8-11,13H2,1-2H3. The molecule has 0 aliphatic carbocycles. The minimum atomic E-state index is -3.74. The zero-order chi connectivity index (χ0) is 22.9. The third-order valence-corrected chi connectivity index (χ3v) is 7.99. The van der Waals surface area contributed by atoms with E-state index >= 15 is 0 Å². The second-order valence-corrected chi connectivity index (χ2v) is 10.0. The summed E-state index contributed by atoms with van der Waals surface area (Å²) in [4.78, 5) is 14.8. The molecule has 0 radical (unpaired) electrons. The van der Waals surface area contributed by atoms with Crippen molar-refractivity contribution >= 4 is 27.5 Å². The molecule has 0 unspecified atom stereocenters. The first-order valence-corrected chi connectivity index (χ1v) is 12.1. The van der Waals surface area contributed by atoms with Gasteiger partial charge in [0, 0.05) is 37.4 Å². The second-order valence-electron chi connectivity index (χ2n) is 7.72. The highest BCUT2D eigenvalue weighted by atomic mass is 35.5. The highest BCUT2D eigenvalue weighted by Crippen LogP contribution is 2.24. The van der Waals surface area contributed by atoms with Gasteiger partial charge in [0.25, 0.3) is 5.91 Å². The molecule has 0 saturated carbocycles. The lowest BCUT2D eigenvalue weighted by atomic mass is 10.2. The van der Waals surface area contributed by atoms with Gasteiger partial charge in [-0.2, -0.15) is 9.40 Å². The number of carbonyl (C=O) groups excluding carboxylic acids is 1. The van der Waals surface area contributed by atoms with Crippen LogP contribution in [0.25, 0.3) is 0 Å². The number of benzene rings is 1. The van der Waals surface area contributed by atoms with Crippen LogP contribution < -0.4 is 0 Å². The Morgan fingerprint density at radius 2 is 1.94 bits per heavy atom. The monoisotopic (exact) mass is 477 g/mol. The Labute approximate surface area is 191 Å². The second kappa shape index (κ2) is 9.05.